The average Bonchev–Trinajstić information content (AvgIpc) is 3.28. The van der Waals surface area contributed by atoms with Crippen molar-refractivity contribution in [1.29, 1.82) is 0 Å². The van der Waals surface area contributed by atoms with Crippen LogP contribution in [0.2, 0.25) is 0 Å². The van der Waals surface area contributed by atoms with E-state index in [9.17, 15) is 14.4 Å². The summed E-state index contributed by atoms with van der Waals surface area (Å²) in [5.41, 5.74) is 0. The van der Waals surface area contributed by atoms with Gasteiger partial charge in [-0.15, -0.1) is 0 Å². The second kappa shape index (κ2) is 52.8. The van der Waals surface area contributed by atoms with Crippen LogP contribution in [0.15, 0.2) is 12.2 Å². The molecule has 0 amide bonds. The summed E-state index contributed by atoms with van der Waals surface area (Å²) in [6.45, 7) is 6.68. The maximum atomic E-state index is 12.8. The molecule has 0 rings (SSSR count). The van der Waals surface area contributed by atoms with Crippen molar-refractivity contribution in [2.24, 2.45) is 0 Å². The number of carbonyl (C=O) groups excluding carboxylic acids is 3. The van der Waals surface area contributed by atoms with Crippen molar-refractivity contribution in [3.05, 3.63) is 12.2 Å². The molecular weight excluding hydrogens is 781 g/mol. The van der Waals surface area contributed by atoms with Gasteiger partial charge in [0.05, 0.1) is 0 Å². The molecule has 0 heterocycles. The molecule has 372 valence electrons. The zero-order chi connectivity index (χ0) is 45.8. The Bertz CT molecular complexity index is 978. The standard InChI is InChI=1S/C57H108O6/c1-4-7-10-13-16-19-22-25-28-31-34-37-40-43-46-49-55(58)61-52-54(63-57(60)51-48-45-42-39-36-33-30-27-24-21-18-15-12-9-6-3)53-62-56(59)50-47-44-41-38-35-32-29-26-23-20-17-14-11-8-5-2/h19,22,54H,4-18,20-21,23-53H2,1-3H3/b22-19-. The molecule has 0 aliphatic heterocycles. The third-order valence-electron chi connectivity index (χ3n) is 12.8. The average molecular weight is 889 g/mol. The van der Waals surface area contributed by atoms with Gasteiger partial charge < -0.3 is 14.2 Å². The number of esters is 3. The molecule has 0 N–H and O–H groups in total. The van der Waals surface area contributed by atoms with E-state index in [1.54, 1.807) is 0 Å². The molecule has 1 atom stereocenters. The van der Waals surface area contributed by atoms with Crippen LogP contribution in [0.25, 0.3) is 0 Å². The summed E-state index contributed by atoms with van der Waals surface area (Å²) in [5.74, 6) is -0.847. The van der Waals surface area contributed by atoms with E-state index in [0.717, 1.165) is 57.8 Å². The van der Waals surface area contributed by atoms with Crippen molar-refractivity contribution in [3.63, 3.8) is 0 Å². The fraction of sp³-hybridized carbons (Fsp3) is 0.912. The second-order valence-electron chi connectivity index (χ2n) is 19.2. The lowest BCUT2D eigenvalue weighted by molar-refractivity contribution is -0.167. The molecule has 0 saturated carbocycles. The number of carbonyl (C=O) groups is 3. The predicted molar refractivity (Wildman–Crippen MR) is 270 cm³/mol. The molecular formula is C57H108O6. The number of hydrogen-bond donors (Lipinski definition) is 0. The maximum Gasteiger partial charge on any atom is 0.306 e. The minimum absolute atomic E-state index is 0.0653. The summed E-state index contributed by atoms with van der Waals surface area (Å²) in [4.78, 5) is 38.1. The molecule has 0 radical (unpaired) electrons. The topological polar surface area (TPSA) is 78.9 Å². The molecule has 0 aliphatic carbocycles. The van der Waals surface area contributed by atoms with Crippen LogP contribution < -0.4 is 0 Å². The van der Waals surface area contributed by atoms with Crippen LogP contribution in [0.1, 0.15) is 316 Å². The van der Waals surface area contributed by atoms with Crippen molar-refractivity contribution >= 4 is 17.9 Å². The van der Waals surface area contributed by atoms with Crippen molar-refractivity contribution in [1.82, 2.24) is 0 Å². The first kappa shape index (κ1) is 61.1. The highest BCUT2D eigenvalue weighted by Crippen LogP contribution is 2.17. The Labute approximate surface area is 392 Å². The molecule has 0 aromatic rings. The minimum atomic E-state index is -0.765. The lowest BCUT2D eigenvalue weighted by atomic mass is 10.0. The largest absolute Gasteiger partial charge is 0.462 e. The van der Waals surface area contributed by atoms with Crippen molar-refractivity contribution in [2.45, 2.75) is 322 Å². The fourth-order valence-corrected chi connectivity index (χ4v) is 8.50. The summed E-state index contributed by atoms with van der Waals surface area (Å²) >= 11 is 0. The van der Waals surface area contributed by atoms with Gasteiger partial charge in [0.15, 0.2) is 6.10 Å². The summed E-state index contributed by atoms with van der Waals surface area (Å²) in [6, 6.07) is 0. The maximum absolute atomic E-state index is 12.8. The smallest absolute Gasteiger partial charge is 0.306 e. The van der Waals surface area contributed by atoms with Crippen LogP contribution in [0.3, 0.4) is 0 Å². The van der Waals surface area contributed by atoms with E-state index in [4.69, 9.17) is 14.2 Å². The van der Waals surface area contributed by atoms with Crippen LogP contribution in [-0.4, -0.2) is 37.2 Å². The summed E-state index contributed by atoms with van der Waals surface area (Å²) in [5, 5.41) is 0. The normalized spacial score (nSPS) is 12.0. The highest BCUT2D eigenvalue weighted by atomic mass is 16.6. The predicted octanol–water partition coefficient (Wildman–Crippen LogP) is 18.5. The van der Waals surface area contributed by atoms with Crippen LogP contribution in [0.5, 0.6) is 0 Å². The van der Waals surface area contributed by atoms with Gasteiger partial charge in [-0.2, -0.15) is 0 Å². The van der Waals surface area contributed by atoms with Gasteiger partial charge in [-0.3, -0.25) is 14.4 Å². The van der Waals surface area contributed by atoms with Gasteiger partial charge in [0.1, 0.15) is 13.2 Å². The van der Waals surface area contributed by atoms with Crippen LogP contribution in [0, 0.1) is 0 Å². The third-order valence-corrected chi connectivity index (χ3v) is 12.8. The quantitative estimate of drug-likeness (QED) is 0.0262. The van der Waals surface area contributed by atoms with E-state index >= 15 is 0 Å². The van der Waals surface area contributed by atoms with Gasteiger partial charge >= 0.3 is 17.9 Å². The van der Waals surface area contributed by atoms with E-state index in [2.05, 4.69) is 32.9 Å². The number of ether oxygens (including phenoxy) is 3. The fourth-order valence-electron chi connectivity index (χ4n) is 8.50. The van der Waals surface area contributed by atoms with E-state index in [-0.39, 0.29) is 31.1 Å². The Morgan fingerprint density at radius 2 is 0.524 bits per heavy atom. The Kier molecular flexibility index (Phi) is 51.2. The molecule has 0 aromatic carbocycles. The molecule has 0 bridgehead atoms. The Balaban J connectivity index is 4.32. The minimum Gasteiger partial charge on any atom is -0.462 e. The molecule has 63 heavy (non-hydrogen) atoms. The first-order chi connectivity index (χ1) is 31.0. The van der Waals surface area contributed by atoms with Crippen LogP contribution in [-0.2, 0) is 28.6 Å². The Morgan fingerprint density at radius 3 is 0.810 bits per heavy atom. The van der Waals surface area contributed by atoms with Gasteiger partial charge in [0.25, 0.3) is 0 Å². The third kappa shape index (κ3) is 51.0. The Morgan fingerprint density at radius 1 is 0.302 bits per heavy atom. The van der Waals surface area contributed by atoms with Gasteiger partial charge in [0.2, 0.25) is 0 Å². The SMILES string of the molecule is CCCCCC/C=C\CCCCCCCCCC(=O)OCC(COC(=O)CCCCCCCCCCCCCCCCC)OC(=O)CCCCCCCCCCCCCCCCC. The lowest BCUT2D eigenvalue weighted by Gasteiger charge is -2.18. The van der Waals surface area contributed by atoms with Gasteiger partial charge in [-0.25, -0.2) is 0 Å². The van der Waals surface area contributed by atoms with Crippen molar-refractivity contribution < 1.29 is 28.6 Å². The summed E-state index contributed by atoms with van der Waals surface area (Å²) in [6.07, 6.45) is 59.1. The van der Waals surface area contributed by atoms with Gasteiger partial charge in [-0.1, -0.05) is 264 Å². The van der Waals surface area contributed by atoms with Crippen molar-refractivity contribution in [3.8, 4) is 0 Å². The van der Waals surface area contributed by atoms with Crippen LogP contribution in [0.4, 0.5) is 0 Å². The van der Waals surface area contributed by atoms with Gasteiger partial charge in [-0.05, 0) is 44.9 Å². The zero-order valence-electron chi connectivity index (χ0n) is 42.6. The highest BCUT2D eigenvalue weighted by molar-refractivity contribution is 5.71. The Hall–Kier alpha value is -1.85. The molecule has 6 heteroatoms. The highest BCUT2D eigenvalue weighted by Gasteiger charge is 2.19. The zero-order valence-corrected chi connectivity index (χ0v) is 42.6. The van der Waals surface area contributed by atoms with Crippen LogP contribution >= 0.6 is 0 Å². The van der Waals surface area contributed by atoms with E-state index in [1.165, 1.54) is 218 Å². The number of hydrogen-bond acceptors (Lipinski definition) is 6. The van der Waals surface area contributed by atoms with Crippen molar-refractivity contribution in [2.75, 3.05) is 13.2 Å². The monoisotopic (exact) mass is 889 g/mol. The molecule has 1 unspecified atom stereocenters. The van der Waals surface area contributed by atoms with Gasteiger partial charge in [0, 0.05) is 19.3 Å². The lowest BCUT2D eigenvalue weighted by Crippen LogP contribution is -2.30. The number of allylic oxidation sites excluding steroid dienone is 2. The molecule has 0 saturated heterocycles. The first-order valence-electron chi connectivity index (χ1n) is 28.2. The molecule has 0 spiro atoms. The number of rotatable bonds is 52. The summed E-state index contributed by atoms with van der Waals surface area (Å²) in [7, 11) is 0. The summed E-state index contributed by atoms with van der Waals surface area (Å²) < 4.78 is 16.9. The second-order valence-corrected chi connectivity index (χ2v) is 19.2. The van der Waals surface area contributed by atoms with E-state index in [1.807, 2.05) is 0 Å². The van der Waals surface area contributed by atoms with E-state index < -0.39 is 6.10 Å². The molecule has 0 aliphatic rings. The first-order valence-corrected chi connectivity index (χ1v) is 28.2. The van der Waals surface area contributed by atoms with E-state index in [0.29, 0.717) is 19.3 Å². The molecule has 0 aromatic heterocycles. The molecule has 0 fully saturated rings. The number of unbranched alkanes of at least 4 members (excludes halogenated alkanes) is 39. The molecule has 6 nitrogen and oxygen atoms in total.